The van der Waals surface area contributed by atoms with Gasteiger partial charge in [-0.3, -0.25) is 0 Å². The van der Waals surface area contributed by atoms with Gasteiger partial charge in [-0.25, -0.2) is 4.98 Å². The fourth-order valence-corrected chi connectivity index (χ4v) is 2.13. The van der Waals surface area contributed by atoms with Crippen LogP contribution in [-0.2, 0) is 6.54 Å². The van der Waals surface area contributed by atoms with E-state index < -0.39 is 0 Å². The summed E-state index contributed by atoms with van der Waals surface area (Å²) in [6.45, 7) is 0.682. The quantitative estimate of drug-likeness (QED) is 0.684. The number of nitrogens with one attached hydrogen (secondary N) is 3. The van der Waals surface area contributed by atoms with Crippen LogP contribution >= 0.6 is 15.9 Å². The van der Waals surface area contributed by atoms with E-state index in [1.165, 1.54) is 5.56 Å². The number of anilines is 2. The van der Waals surface area contributed by atoms with E-state index in [1.54, 1.807) is 13.4 Å². The fraction of sp³-hybridized carbons (Fsp3) is 0.154. The number of H-pyrrole nitrogens is 1. The maximum Gasteiger partial charge on any atom is 0.226 e. The standard InChI is InChI=1S/C13H13BrN6/c1-15-13-19-11(10-12(20-13)18-7-17-10)16-6-8-2-4-9(14)5-3-8/h2-5,7H,6H2,1H3,(H3,15,16,17,18,19,20). The van der Waals surface area contributed by atoms with E-state index in [2.05, 4.69) is 58.6 Å². The third kappa shape index (κ3) is 2.57. The lowest BCUT2D eigenvalue weighted by Crippen LogP contribution is -2.05. The fourth-order valence-electron chi connectivity index (χ4n) is 1.86. The van der Waals surface area contributed by atoms with Crippen molar-refractivity contribution in [3.63, 3.8) is 0 Å². The van der Waals surface area contributed by atoms with Crippen LogP contribution in [0, 0.1) is 0 Å². The summed E-state index contributed by atoms with van der Waals surface area (Å²) in [6, 6.07) is 8.15. The molecule has 6 nitrogen and oxygen atoms in total. The third-order valence-electron chi connectivity index (χ3n) is 2.88. The molecule has 0 aliphatic heterocycles. The summed E-state index contributed by atoms with van der Waals surface area (Å²) in [4.78, 5) is 15.9. The van der Waals surface area contributed by atoms with Crippen molar-refractivity contribution in [2.24, 2.45) is 0 Å². The highest BCUT2D eigenvalue weighted by molar-refractivity contribution is 9.10. The maximum absolute atomic E-state index is 4.41. The average Bonchev–Trinajstić information content (AvgIpc) is 2.94. The first kappa shape index (κ1) is 12.9. The van der Waals surface area contributed by atoms with Crippen LogP contribution in [0.4, 0.5) is 11.8 Å². The van der Waals surface area contributed by atoms with Gasteiger partial charge in [0.2, 0.25) is 5.95 Å². The van der Waals surface area contributed by atoms with E-state index >= 15 is 0 Å². The Morgan fingerprint density at radius 2 is 2.00 bits per heavy atom. The Hall–Kier alpha value is -2.15. The van der Waals surface area contributed by atoms with Crippen molar-refractivity contribution in [2.45, 2.75) is 6.54 Å². The Morgan fingerprint density at radius 1 is 1.20 bits per heavy atom. The number of halogens is 1. The molecule has 1 aromatic carbocycles. The minimum Gasteiger partial charge on any atom is -0.364 e. The number of fused-ring (bicyclic) bond motifs is 1. The first-order chi connectivity index (χ1) is 9.76. The molecule has 3 aromatic rings. The second-order valence-corrected chi connectivity index (χ2v) is 5.14. The lowest BCUT2D eigenvalue weighted by atomic mass is 10.2. The molecular weight excluding hydrogens is 320 g/mol. The van der Waals surface area contributed by atoms with Crippen LogP contribution in [0.15, 0.2) is 35.1 Å². The van der Waals surface area contributed by atoms with Gasteiger partial charge in [0.1, 0.15) is 5.52 Å². The highest BCUT2D eigenvalue weighted by Crippen LogP contribution is 2.19. The van der Waals surface area contributed by atoms with Gasteiger partial charge in [-0.15, -0.1) is 0 Å². The number of hydrogen-bond donors (Lipinski definition) is 3. The van der Waals surface area contributed by atoms with E-state index in [9.17, 15) is 0 Å². The monoisotopic (exact) mass is 332 g/mol. The van der Waals surface area contributed by atoms with Crippen LogP contribution < -0.4 is 10.6 Å². The largest absolute Gasteiger partial charge is 0.364 e. The summed E-state index contributed by atoms with van der Waals surface area (Å²) in [5, 5.41) is 6.24. The topological polar surface area (TPSA) is 78.5 Å². The minimum absolute atomic E-state index is 0.544. The number of benzene rings is 1. The van der Waals surface area contributed by atoms with E-state index in [0.717, 1.165) is 15.8 Å². The van der Waals surface area contributed by atoms with E-state index in [1.807, 2.05) is 12.1 Å². The van der Waals surface area contributed by atoms with Gasteiger partial charge in [-0.2, -0.15) is 9.97 Å². The zero-order valence-corrected chi connectivity index (χ0v) is 12.4. The maximum atomic E-state index is 4.41. The molecule has 2 heterocycles. The minimum atomic E-state index is 0.544. The molecule has 0 unspecified atom stereocenters. The number of rotatable bonds is 4. The Balaban J connectivity index is 1.86. The highest BCUT2D eigenvalue weighted by atomic mass is 79.9. The van der Waals surface area contributed by atoms with Crippen LogP contribution in [0.3, 0.4) is 0 Å². The first-order valence-corrected chi connectivity index (χ1v) is 6.93. The van der Waals surface area contributed by atoms with Crippen molar-refractivity contribution in [3.8, 4) is 0 Å². The molecule has 0 aliphatic rings. The van der Waals surface area contributed by atoms with Gasteiger partial charge >= 0.3 is 0 Å². The van der Waals surface area contributed by atoms with Gasteiger partial charge in [-0.05, 0) is 17.7 Å². The molecular formula is C13H13BrN6. The van der Waals surface area contributed by atoms with Gasteiger partial charge in [0.25, 0.3) is 0 Å². The third-order valence-corrected chi connectivity index (χ3v) is 3.41. The number of hydrogen-bond acceptors (Lipinski definition) is 5. The van der Waals surface area contributed by atoms with Crippen molar-refractivity contribution in [1.29, 1.82) is 0 Å². The first-order valence-electron chi connectivity index (χ1n) is 6.13. The van der Waals surface area contributed by atoms with E-state index in [-0.39, 0.29) is 0 Å². The van der Waals surface area contributed by atoms with Gasteiger partial charge < -0.3 is 15.6 Å². The molecule has 0 amide bonds. The van der Waals surface area contributed by atoms with Gasteiger partial charge in [0.15, 0.2) is 11.5 Å². The lowest BCUT2D eigenvalue weighted by Gasteiger charge is -2.08. The molecule has 0 atom stereocenters. The van der Waals surface area contributed by atoms with E-state index in [4.69, 9.17) is 0 Å². The predicted molar refractivity (Wildman–Crippen MR) is 82.7 cm³/mol. The summed E-state index contributed by atoms with van der Waals surface area (Å²) in [5.74, 6) is 1.28. The van der Waals surface area contributed by atoms with Gasteiger partial charge in [0, 0.05) is 18.1 Å². The number of aromatic nitrogens is 4. The van der Waals surface area contributed by atoms with Crippen LogP contribution in [0.2, 0.25) is 0 Å². The Labute approximate surface area is 124 Å². The van der Waals surface area contributed by atoms with Gasteiger partial charge in [-0.1, -0.05) is 28.1 Å². The van der Waals surface area contributed by atoms with Crippen molar-refractivity contribution < 1.29 is 0 Å². The molecule has 0 fully saturated rings. The van der Waals surface area contributed by atoms with Crippen molar-refractivity contribution in [2.75, 3.05) is 17.7 Å². The van der Waals surface area contributed by atoms with Crippen LogP contribution in [0.25, 0.3) is 11.2 Å². The van der Waals surface area contributed by atoms with Crippen LogP contribution in [0.5, 0.6) is 0 Å². The number of nitrogens with zero attached hydrogens (tertiary/aromatic N) is 3. The van der Waals surface area contributed by atoms with Crippen molar-refractivity contribution >= 4 is 38.9 Å². The molecule has 102 valence electrons. The molecule has 3 rings (SSSR count). The zero-order chi connectivity index (χ0) is 13.9. The molecule has 0 saturated carbocycles. The second-order valence-electron chi connectivity index (χ2n) is 4.23. The highest BCUT2D eigenvalue weighted by Gasteiger charge is 2.08. The van der Waals surface area contributed by atoms with Crippen molar-refractivity contribution in [3.05, 3.63) is 40.6 Å². The predicted octanol–water partition coefficient (Wildman–Crippen LogP) is 2.77. The molecule has 0 spiro atoms. The summed E-state index contributed by atoms with van der Waals surface area (Å²) < 4.78 is 1.07. The molecule has 0 saturated heterocycles. The average molecular weight is 333 g/mol. The zero-order valence-electron chi connectivity index (χ0n) is 10.8. The molecule has 0 aliphatic carbocycles. The summed E-state index contributed by atoms with van der Waals surface area (Å²) in [5.41, 5.74) is 2.62. The molecule has 2 aromatic heterocycles. The smallest absolute Gasteiger partial charge is 0.226 e. The lowest BCUT2D eigenvalue weighted by molar-refractivity contribution is 1.09. The summed E-state index contributed by atoms with van der Waals surface area (Å²) in [6.07, 6.45) is 1.61. The van der Waals surface area contributed by atoms with Gasteiger partial charge in [0.05, 0.1) is 6.33 Å². The second kappa shape index (κ2) is 5.46. The number of imidazole rings is 1. The molecule has 20 heavy (non-hydrogen) atoms. The summed E-state index contributed by atoms with van der Waals surface area (Å²) in [7, 11) is 1.78. The van der Waals surface area contributed by atoms with Crippen LogP contribution in [0.1, 0.15) is 5.56 Å². The molecule has 0 radical (unpaired) electrons. The Bertz CT molecular complexity index is 721. The molecule has 3 N–H and O–H groups in total. The molecule has 0 bridgehead atoms. The SMILES string of the molecule is CNc1nc(NCc2ccc(Br)cc2)c2[nH]cnc2n1. The number of aromatic amines is 1. The summed E-state index contributed by atoms with van der Waals surface area (Å²) >= 11 is 3.43. The van der Waals surface area contributed by atoms with Crippen LogP contribution in [-0.4, -0.2) is 27.0 Å². The Morgan fingerprint density at radius 3 is 2.75 bits per heavy atom. The van der Waals surface area contributed by atoms with E-state index in [0.29, 0.717) is 18.1 Å². The van der Waals surface area contributed by atoms with Crippen molar-refractivity contribution in [1.82, 2.24) is 19.9 Å². The normalized spacial score (nSPS) is 10.7. The molecule has 7 heteroatoms. The Kier molecular flexibility index (Phi) is 3.51.